The van der Waals surface area contributed by atoms with E-state index in [9.17, 15) is 9.18 Å². The molecule has 0 saturated carbocycles. The van der Waals surface area contributed by atoms with Crippen molar-refractivity contribution in [3.8, 4) is 0 Å². The number of nitrogen functional groups attached to an aromatic ring is 1. The lowest BCUT2D eigenvalue weighted by Crippen LogP contribution is -2.51. The number of allylic oxidation sites excluding steroid dienone is 1. The molecule has 35 heavy (non-hydrogen) atoms. The number of likely N-dealkylation sites (N-methyl/N-ethyl adjacent to an activating group) is 1. The average molecular weight is 483 g/mol. The largest absolute Gasteiger partial charge is 0.397 e. The van der Waals surface area contributed by atoms with E-state index in [2.05, 4.69) is 21.4 Å². The topological polar surface area (TPSA) is 100 Å². The zero-order valence-electron chi connectivity index (χ0n) is 20.7. The molecule has 2 aromatic rings. The third kappa shape index (κ3) is 6.17. The lowest BCUT2D eigenvalue weighted by molar-refractivity contribution is -0.137. The third-order valence-electron chi connectivity index (χ3n) is 6.19. The highest BCUT2D eigenvalue weighted by molar-refractivity contribution is 5.96. The van der Waals surface area contributed by atoms with E-state index in [0.29, 0.717) is 56.2 Å². The van der Waals surface area contributed by atoms with Gasteiger partial charge in [-0.2, -0.15) is 5.90 Å². The van der Waals surface area contributed by atoms with Crippen LogP contribution in [-0.4, -0.2) is 60.9 Å². The Morgan fingerprint density at radius 2 is 1.77 bits per heavy atom. The number of hydrogen-bond acceptors (Lipinski definition) is 7. The second kappa shape index (κ2) is 11.8. The summed E-state index contributed by atoms with van der Waals surface area (Å²) in [5, 5.41) is 0. The highest BCUT2D eigenvalue weighted by Gasteiger charge is 2.33. The molecule has 1 fully saturated rings. The summed E-state index contributed by atoms with van der Waals surface area (Å²) in [6.07, 6.45) is 0. The predicted molar refractivity (Wildman–Crippen MR) is 138 cm³/mol. The summed E-state index contributed by atoms with van der Waals surface area (Å²) in [7, 11) is 0. The summed E-state index contributed by atoms with van der Waals surface area (Å²) in [6, 6.07) is 11.3. The van der Waals surface area contributed by atoms with Gasteiger partial charge in [-0.3, -0.25) is 9.69 Å². The molecule has 1 amide bonds. The lowest BCUT2D eigenvalue weighted by Gasteiger charge is -2.41. The Labute approximate surface area is 206 Å². The van der Waals surface area contributed by atoms with Crippen molar-refractivity contribution in [3.05, 3.63) is 71.7 Å². The van der Waals surface area contributed by atoms with E-state index in [1.807, 2.05) is 30.9 Å². The molecule has 2 aromatic carbocycles. The third-order valence-corrected chi connectivity index (χ3v) is 6.19. The van der Waals surface area contributed by atoms with Crippen LogP contribution in [0.5, 0.6) is 0 Å². The Morgan fingerprint density at radius 1 is 1.14 bits per heavy atom. The number of piperazine rings is 1. The monoisotopic (exact) mass is 482 g/mol. The van der Waals surface area contributed by atoms with Gasteiger partial charge in [0.2, 0.25) is 11.8 Å². The van der Waals surface area contributed by atoms with Gasteiger partial charge in [-0.1, -0.05) is 18.7 Å². The molecule has 4 N–H and O–H groups in total. The summed E-state index contributed by atoms with van der Waals surface area (Å²) in [6.45, 7) is 13.4. The molecule has 1 aliphatic heterocycles. The Hall–Kier alpha value is -3.43. The van der Waals surface area contributed by atoms with Gasteiger partial charge in [0.25, 0.3) is 0 Å². The van der Waals surface area contributed by atoms with Crippen LogP contribution in [0.25, 0.3) is 0 Å². The molecule has 0 spiro atoms. The number of hydrogen-bond donors (Lipinski definition) is 2. The maximum absolute atomic E-state index is 13.6. The zero-order chi connectivity index (χ0) is 25.5. The minimum atomic E-state index is -0.458. The van der Waals surface area contributed by atoms with Crippen molar-refractivity contribution in [3.63, 3.8) is 0 Å². The first-order valence-electron chi connectivity index (χ1n) is 11.8. The molecule has 1 heterocycles. The van der Waals surface area contributed by atoms with Crippen LogP contribution in [0.2, 0.25) is 0 Å². The van der Waals surface area contributed by atoms with Crippen molar-refractivity contribution in [2.75, 3.05) is 49.9 Å². The van der Waals surface area contributed by atoms with Crippen molar-refractivity contribution in [1.29, 1.82) is 0 Å². The maximum atomic E-state index is 13.6. The molecule has 0 bridgehead atoms. The van der Waals surface area contributed by atoms with Crippen molar-refractivity contribution < 1.29 is 14.0 Å². The van der Waals surface area contributed by atoms with Crippen LogP contribution in [0.15, 0.2) is 59.7 Å². The minimum Gasteiger partial charge on any atom is -0.397 e. The molecule has 0 radical (unpaired) electrons. The molecule has 0 aliphatic carbocycles. The molecule has 1 aliphatic rings. The van der Waals surface area contributed by atoms with E-state index < -0.39 is 6.04 Å². The van der Waals surface area contributed by atoms with E-state index in [4.69, 9.17) is 16.5 Å². The maximum Gasteiger partial charge on any atom is 0.244 e. The van der Waals surface area contributed by atoms with E-state index in [1.165, 1.54) is 12.1 Å². The molecular formula is C26H35FN6O2. The van der Waals surface area contributed by atoms with Crippen molar-refractivity contribution >= 4 is 23.2 Å². The Bertz CT molecular complexity index is 1060. The molecular weight excluding hydrogens is 447 g/mol. The number of halogens is 1. The number of nitrogens with zero attached hydrogens (tertiary/aromatic N) is 4. The van der Waals surface area contributed by atoms with Gasteiger partial charge >= 0.3 is 0 Å². The number of carbonyl (C=O) groups excluding carboxylic acids is 1. The summed E-state index contributed by atoms with van der Waals surface area (Å²) >= 11 is 0. The van der Waals surface area contributed by atoms with Crippen LogP contribution in [0.4, 0.5) is 15.8 Å². The van der Waals surface area contributed by atoms with E-state index in [1.54, 1.807) is 25.1 Å². The van der Waals surface area contributed by atoms with Crippen molar-refractivity contribution in [1.82, 2.24) is 9.80 Å². The van der Waals surface area contributed by atoms with Crippen LogP contribution in [0.1, 0.15) is 37.9 Å². The number of amides is 1. The molecule has 0 aromatic heterocycles. The average Bonchev–Trinajstić information content (AvgIpc) is 2.85. The van der Waals surface area contributed by atoms with Crippen molar-refractivity contribution in [2.45, 2.75) is 26.8 Å². The Kier molecular flexibility index (Phi) is 8.84. The summed E-state index contributed by atoms with van der Waals surface area (Å²) in [5.41, 5.74) is 9.88. The van der Waals surface area contributed by atoms with E-state index >= 15 is 0 Å². The van der Waals surface area contributed by atoms with Gasteiger partial charge in [-0.15, -0.1) is 0 Å². The highest BCUT2D eigenvalue weighted by Crippen LogP contribution is 2.30. The first-order valence-corrected chi connectivity index (χ1v) is 11.8. The predicted octanol–water partition coefficient (Wildman–Crippen LogP) is 3.31. The number of aliphatic imine (C=N–C) groups is 1. The second-order valence-electron chi connectivity index (χ2n) is 8.53. The SMILES string of the molecule is C=C(C)/N=C(\ON)c1ccc(N2CCN(C(C(=O)N(CC)CC)c3ccc(F)cc3)CC2)c(N)c1. The lowest BCUT2D eigenvalue weighted by atomic mass is 10.0. The summed E-state index contributed by atoms with van der Waals surface area (Å²) < 4.78 is 13.6. The van der Waals surface area contributed by atoms with Crippen LogP contribution in [0, 0.1) is 5.82 Å². The fraction of sp³-hybridized carbons (Fsp3) is 0.385. The highest BCUT2D eigenvalue weighted by atomic mass is 19.1. The van der Waals surface area contributed by atoms with Crippen LogP contribution in [0.3, 0.4) is 0 Å². The van der Waals surface area contributed by atoms with Crippen LogP contribution in [-0.2, 0) is 9.63 Å². The van der Waals surface area contributed by atoms with Gasteiger partial charge in [0.15, 0.2) is 0 Å². The zero-order valence-corrected chi connectivity index (χ0v) is 20.7. The van der Waals surface area contributed by atoms with Gasteiger partial charge in [0, 0.05) is 50.5 Å². The molecule has 1 saturated heterocycles. The Morgan fingerprint density at radius 3 is 2.29 bits per heavy atom. The molecule has 9 heteroatoms. The quantitative estimate of drug-likeness (QED) is 0.259. The summed E-state index contributed by atoms with van der Waals surface area (Å²) in [4.78, 5) is 28.7. The van der Waals surface area contributed by atoms with Crippen LogP contribution < -0.4 is 16.5 Å². The van der Waals surface area contributed by atoms with Crippen molar-refractivity contribution in [2.24, 2.45) is 10.9 Å². The normalized spacial score (nSPS) is 15.6. The number of anilines is 2. The van der Waals surface area contributed by atoms with Gasteiger partial charge in [0.1, 0.15) is 11.9 Å². The van der Waals surface area contributed by atoms with Gasteiger partial charge in [-0.05, 0) is 56.7 Å². The number of benzene rings is 2. The molecule has 3 rings (SSSR count). The number of rotatable bonds is 8. The van der Waals surface area contributed by atoms with Gasteiger partial charge < -0.3 is 20.4 Å². The van der Waals surface area contributed by atoms with E-state index in [0.717, 1.165) is 11.3 Å². The number of nitrogens with two attached hydrogens (primary N) is 2. The van der Waals surface area contributed by atoms with Gasteiger partial charge in [0.05, 0.1) is 11.4 Å². The molecule has 1 unspecified atom stereocenters. The van der Waals surface area contributed by atoms with Crippen LogP contribution >= 0.6 is 0 Å². The first kappa shape index (κ1) is 26.2. The smallest absolute Gasteiger partial charge is 0.244 e. The minimum absolute atomic E-state index is 0.0324. The number of carbonyl (C=O) groups is 1. The fourth-order valence-corrected chi connectivity index (χ4v) is 4.39. The first-order chi connectivity index (χ1) is 16.8. The van der Waals surface area contributed by atoms with Gasteiger partial charge in [-0.25, -0.2) is 9.38 Å². The second-order valence-corrected chi connectivity index (χ2v) is 8.53. The molecule has 1 atom stereocenters. The standard InChI is InChI=1S/C26H35FN6O2/c1-5-31(6-2)26(34)24(19-7-10-21(27)11-8-19)33-15-13-32(14-16-33)23-12-9-20(17-22(23)28)25(35-29)30-18(3)4/h7-12,17,24H,3,5-6,13-16,28-29H2,1-2,4H3/b30-25-. The summed E-state index contributed by atoms with van der Waals surface area (Å²) in [5.74, 6) is 5.33. The molecule has 8 nitrogen and oxygen atoms in total. The Balaban J connectivity index is 1.79. The fourth-order valence-electron chi connectivity index (χ4n) is 4.39. The molecule has 188 valence electrons. The van der Waals surface area contributed by atoms with E-state index in [-0.39, 0.29) is 17.6 Å².